The first-order valence-corrected chi connectivity index (χ1v) is 10.1. The van der Waals surface area contributed by atoms with E-state index in [1.54, 1.807) is 18.2 Å². The summed E-state index contributed by atoms with van der Waals surface area (Å²) >= 11 is 3.25. The summed E-state index contributed by atoms with van der Waals surface area (Å²) in [5.41, 5.74) is 6.80. The third kappa shape index (κ3) is 4.13. The first-order chi connectivity index (χ1) is 14.9. The van der Waals surface area contributed by atoms with Crippen LogP contribution in [0.4, 0.5) is 14.7 Å². The van der Waals surface area contributed by atoms with Gasteiger partial charge in [-0.15, -0.1) is 5.10 Å². The third-order valence-electron chi connectivity index (χ3n) is 4.63. The number of hydrogen-bond acceptors (Lipinski definition) is 6. The second-order valence-corrected chi connectivity index (χ2v) is 7.57. The number of benzene rings is 2. The van der Waals surface area contributed by atoms with Gasteiger partial charge in [-0.3, -0.25) is 4.79 Å². The molecule has 0 aliphatic carbocycles. The average Bonchev–Trinajstić information content (AvgIpc) is 3.17. The Labute approximate surface area is 183 Å². The minimum atomic E-state index is -3.01. The summed E-state index contributed by atoms with van der Waals surface area (Å²) in [6.45, 7) is -1.20. The van der Waals surface area contributed by atoms with E-state index in [4.69, 9.17) is 5.73 Å². The second-order valence-electron chi connectivity index (χ2n) is 6.65. The molecule has 8 nitrogen and oxygen atoms in total. The summed E-state index contributed by atoms with van der Waals surface area (Å²) in [6, 6.07) is 11.3. The molecule has 4 rings (SSSR count). The fraction of sp³-hybridized carbons (Fsp3) is 0.200. The lowest BCUT2D eigenvalue weighted by Gasteiger charge is -2.15. The Morgan fingerprint density at radius 3 is 2.74 bits per heavy atom. The van der Waals surface area contributed by atoms with E-state index in [1.807, 2.05) is 25.1 Å². The zero-order valence-corrected chi connectivity index (χ0v) is 17.8. The predicted molar refractivity (Wildman–Crippen MR) is 115 cm³/mol. The van der Waals surface area contributed by atoms with Crippen molar-refractivity contribution in [2.75, 3.05) is 5.32 Å². The Kier molecular flexibility index (Phi) is 5.68. The quantitative estimate of drug-likeness (QED) is 0.405. The van der Waals surface area contributed by atoms with Gasteiger partial charge in [-0.25, -0.2) is 9.97 Å². The van der Waals surface area contributed by atoms with Gasteiger partial charge in [-0.2, -0.15) is 13.3 Å². The van der Waals surface area contributed by atoms with Crippen molar-refractivity contribution >= 4 is 44.3 Å². The van der Waals surface area contributed by atoms with Gasteiger partial charge < -0.3 is 15.8 Å². The number of para-hydroxylation sites is 1. The molecule has 0 spiro atoms. The van der Waals surface area contributed by atoms with E-state index >= 15 is 0 Å². The Hall–Kier alpha value is -3.34. The third-order valence-corrected chi connectivity index (χ3v) is 5.13. The fourth-order valence-electron chi connectivity index (χ4n) is 3.17. The predicted octanol–water partition coefficient (Wildman–Crippen LogP) is 3.98. The summed E-state index contributed by atoms with van der Waals surface area (Å²) < 4.78 is 32.5. The normalized spacial score (nSPS) is 12.4. The van der Waals surface area contributed by atoms with Crippen LogP contribution in [0.3, 0.4) is 0 Å². The molecule has 0 saturated carbocycles. The van der Waals surface area contributed by atoms with Crippen molar-refractivity contribution in [2.24, 2.45) is 5.73 Å². The number of amides is 1. The molecule has 0 fully saturated rings. The van der Waals surface area contributed by atoms with Crippen LogP contribution in [0.1, 0.15) is 13.3 Å². The number of hydrogen-bond donors (Lipinski definition) is 2. The number of fused-ring (bicyclic) bond motifs is 3. The maximum atomic E-state index is 12.9. The van der Waals surface area contributed by atoms with Gasteiger partial charge in [-0.05, 0) is 36.8 Å². The molecule has 160 valence electrons. The topological polar surface area (TPSA) is 107 Å². The number of nitrogens with two attached hydrogens (primary N) is 1. The van der Waals surface area contributed by atoms with Crippen LogP contribution in [0.2, 0.25) is 0 Å². The number of nitrogens with zero attached hydrogens (tertiary/aromatic N) is 4. The molecule has 2 aromatic heterocycles. The highest BCUT2D eigenvalue weighted by molar-refractivity contribution is 9.10. The average molecular weight is 491 g/mol. The van der Waals surface area contributed by atoms with Crippen molar-refractivity contribution in [2.45, 2.75) is 26.0 Å². The van der Waals surface area contributed by atoms with Gasteiger partial charge in [-0.1, -0.05) is 35.0 Å². The Morgan fingerprint density at radius 2 is 2.03 bits per heavy atom. The van der Waals surface area contributed by atoms with Crippen LogP contribution in [0, 0.1) is 0 Å². The van der Waals surface area contributed by atoms with Crippen LogP contribution in [0.15, 0.2) is 46.9 Å². The van der Waals surface area contributed by atoms with E-state index in [-0.39, 0.29) is 23.1 Å². The Balaban J connectivity index is 1.93. The van der Waals surface area contributed by atoms with Gasteiger partial charge in [0.2, 0.25) is 11.9 Å². The van der Waals surface area contributed by atoms with Crippen molar-refractivity contribution < 1.29 is 18.3 Å². The number of primary amides is 1. The molecule has 11 heteroatoms. The lowest BCUT2D eigenvalue weighted by atomic mass is 10.2. The molecule has 0 aliphatic heterocycles. The highest BCUT2D eigenvalue weighted by Gasteiger charge is 2.21. The number of carbonyl (C=O) groups excluding carboxylic acids is 1. The number of anilines is 1. The van der Waals surface area contributed by atoms with Crippen LogP contribution < -0.4 is 15.8 Å². The van der Waals surface area contributed by atoms with E-state index in [9.17, 15) is 13.6 Å². The molecule has 0 saturated heterocycles. The minimum Gasteiger partial charge on any atom is -0.434 e. The standard InChI is InChI=1S/C20H17BrF2N6O2/c1-2-13(16(24)30)25-20-26-14-6-4-3-5-11(14)18-27-17(28-29(18)20)12-8-7-10(21)9-15(12)31-19(22)23/h3-9,13,19H,2H2,1H3,(H2,24,30)(H,25,26)/t13-/m0/s1. The Bertz CT molecular complexity index is 1280. The maximum Gasteiger partial charge on any atom is 0.387 e. The van der Waals surface area contributed by atoms with Crippen LogP contribution in [-0.2, 0) is 4.79 Å². The van der Waals surface area contributed by atoms with Gasteiger partial charge in [0.15, 0.2) is 11.5 Å². The largest absolute Gasteiger partial charge is 0.434 e. The highest BCUT2D eigenvalue weighted by Crippen LogP contribution is 2.33. The number of nitrogens with one attached hydrogen (secondary N) is 1. The summed E-state index contributed by atoms with van der Waals surface area (Å²) in [4.78, 5) is 20.8. The first-order valence-electron chi connectivity index (χ1n) is 9.33. The highest BCUT2D eigenvalue weighted by atomic mass is 79.9. The maximum absolute atomic E-state index is 12.9. The molecule has 0 radical (unpaired) electrons. The number of aromatic nitrogens is 4. The van der Waals surface area contributed by atoms with Gasteiger partial charge in [0.05, 0.1) is 11.1 Å². The van der Waals surface area contributed by atoms with Crippen LogP contribution in [0.5, 0.6) is 5.75 Å². The van der Waals surface area contributed by atoms with Crippen LogP contribution >= 0.6 is 15.9 Å². The molecule has 1 atom stereocenters. The second kappa shape index (κ2) is 8.42. The van der Waals surface area contributed by atoms with Crippen molar-refractivity contribution in [1.29, 1.82) is 0 Å². The van der Waals surface area contributed by atoms with Gasteiger partial charge in [0, 0.05) is 9.86 Å². The van der Waals surface area contributed by atoms with Gasteiger partial charge in [0.1, 0.15) is 11.8 Å². The number of ether oxygens (including phenoxy) is 1. The number of carbonyl (C=O) groups is 1. The number of halogens is 3. The Morgan fingerprint density at radius 1 is 1.26 bits per heavy atom. The van der Waals surface area contributed by atoms with Crippen molar-refractivity contribution in [3.8, 4) is 17.1 Å². The molecular formula is C20H17BrF2N6O2. The molecule has 0 bridgehead atoms. The minimum absolute atomic E-state index is 0.0735. The summed E-state index contributed by atoms with van der Waals surface area (Å²) in [5, 5.41) is 8.17. The van der Waals surface area contributed by atoms with E-state index in [1.165, 1.54) is 10.6 Å². The van der Waals surface area contributed by atoms with Crippen molar-refractivity contribution in [1.82, 2.24) is 19.6 Å². The molecule has 0 aliphatic rings. The zero-order valence-electron chi connectivity index (χ0n) is 16.2. The van der Waals surface area contributed by atoms with Gasteiger partial charge >= 0.3 is 6.61 Å². The molecule has 4 aromatic rings. The number of rotatable bonds is 7. The molecular weight excluding hydrogens is 474 g/mol. The number of alkyl halides is 2. The molecule has 1 amide bonds. The van der Waals surface area contributed by atoms with Crippen LogP contribution in [0.25, 0.3) is 27.9 Å². The summed E-state index contributed by atoms with van der Waals surface area (Å²) in [6.07, 6.45) is 0.436. The van der Waals surface area contributed by atoms with E-state index < -0.39 is 18.6 Å². The lowest BCUT2D eigenvalue weighted by Crippen LogP contribution is -2.35. The molecule has 31 heavy (non-hydrogen) atoms. The van der Waals surface area contributed by atoms with Crippen molar-refractivity contribution in [3.05, 3.63) is 46.9 Å². The molecule has 0 unspecified atom stereocenters. The zero-order chi connectivity index (χ0) is 22.1. The molecule has 2 aromatic carbocycles. The molecule has 2 heterocycles. The lowest BCUT2D eigenvalue weighted by molar-refractivity contribution is -0.118. The van der Waals surface area contributed by atoms with E-state index in [0.29, 0.717) is 27.4 Å². The smallest absolute Gasteiger partial charge is 0.387 e. The van der Waals surface area contributed by atoms with Crippen LogP contribution in [-0.4, -0.2) is 38.1 Å². The fourth-order valence-corrected chi connectivity index (χ4v) is 3.51. The van der Waals surface area contributed by atoms with E-state index in [2.05, 4.69) is 41.1 Å². The van der Waals surface area contributed by atoms with E-state index in [0.717, 1.165) is 0 Å². The summed E-state index contributed by atoms with van der Waals surface area (Å²) in [7, 11) is 0. The first kappa shape index (κ1) is 20.9. The summed E-state index contributed by atoms with van der Waals surface area (Å²) in [5.74, 6) is -0.190. The SMILES string of the molecule is CC[C@H](Nc1nc2ccccc2c2nc(-c3ccc(Br)cc3OC(F)F)nn12)C(N)=O. The molecule has 3 N–H and O–H groups in total. The monoisotopic (exact) mass is 490 g/mol. The van der Waals surface area contributed by atoms with Crippen molar-refractivity contribution in [3.63, 3.8) is 0 Å². The van der Waals surface area contributed by atoms with Gasteiger partial charge in [0.25, 0.3) is 0 Å².